The van der Waals surface area contributed by atoms with Crippen LogP contribution in [0.1, 0.15) is 38.8 Å². The zero-order valence-corrected chi connectivity index (χ0v) is 22.0. The second kappa shape index (κ2) is 10.8. The van der Waals surface area contributed by atoms with Gasteiger partial charge in [0.2, 0.25) is 0 Å². The molecule has 3 aromatic carbocycles. The highest BCUT2D eigenvalue weighted by atomic mass is 32.2. The molecular weight excluding hydrogens is 498 g/mol. The lowest BCUT2D eigenvalue weighted by Gasteiger charge is -2.34. The summed E-state index contributed by atoms with van der Waals surface area (Å²) in [6.45, 7) is 5.09. The van der Waals surface area contributed by atoms with E-state index in [0.29, 0.717) is 35.3 Å². The van der Waals surface area contributed by atoms with Gasteiger partial charge in [0, 0.05) is 55.4 Å². The molecule has 0 saturated carbocycles. The number of fused-ring (bicyclic) bond motifs is 1. The summed E-state index contributed by atoms with van der Waals surface area (Å²) in [6.07, 6.45) is 1.59. The van der Waals surface area contributed by atoms with Crippen molar-refractivity contribution >= 4 is 32.4 Å². The Kier molecular flexibility index (Phi) is 7.35. The van der Waals surface area contributed by atoms with Crippen LogP contribution in [0.25, 0.3) is 10.9 Å². The number of nitrogens with zero attached hydrogens (tertiary/aromatic N) is 3. The van der Waals surface area contributed by atoms with Crippen molar-refractivity contribution in [1.82, 2.24) is 14.8 Å². The Labute approximate surface area is 222 Å². The number of aromatic nitrogens is 1. The quantitative estimate of drug-likeness (QED) is 0.332. The highest BCUT2D eigenvalue weighted by molar-refractivity contribution is 7.90. The molecule has 0 N–H and O–H groups in total. The third-order valence-corrected chi connectivity index (χ3v) is 8.63. The molecule has 5 rings (SSSR count). The van der Waals surface area contributed by atoms with Gasteiger partial charge in [-0.1, -0.05) is 54.6 Å². The van der Waals surface area contributed by atoms with Gasteiger partial charge in [-0.05, 0) is 42.3 Å². The summed E-state index contributed by atoms with van der Waals surface area (Å²) < 4.78 is 26.3. The van der Waals surface area contributed by atoms with E-state index < -0.39 is 9.84 Å². The Balaban J connectivity index is 1.19. The molecule has 0 radical (unpaired) electrons. The smallest absolute Gasteiger partial charge is 0.253 e. The fraction of sp³-hybridized carbons (Fsp3) is 0.233. The van der Waals surface area contributed by atoms with Crippen molar-refractivity contribution in [2.24, 2.45) is 0 Å². The summed E-state index contributed by atoms with van der Waals surface area (Å²) in [5.41, 5.74) is 3.48. The zero-order valence-electron chi connectivity index (χ0n) is 21.2. The molecule has 0 bridgehead atoms. The lowest BCUT2D eigenvalue weighted by atomic mass is 10.1. The third-order valence-electron chi connectivity index (χ3n) is 6.91. The minimum absolute atomic E-state index is 0.0527. The Morgan fingerprint density at radius 1 is 0.789 bits per heavy atom. The van der Waals surface area contributed by atoms with Gasteiger partial charge >= 0.3 is 0 Å². The maximum Gasteiger partial charge on any atom is 0.253 e. The van der Waals surface area contributed by atoms with E-state index in [2.05, 4.69) is 9.88 Å². The Morgan fingerprint density at radius 3 is 2.11 bits per heavy atom. The van der Waals surface area contributed by atoms with Crippen molar-refractivity contribution < 1.29 is 18.0 Å². The Hall–Kier alpha value is -3.88. The summed E-state index contributed by atoms with van der Waals surface area (Å²) in [4.78, 5) is 33.2. The van der Waals surface area contributed by atoms with Crippen LogP contribution in [0.3, 0.4) is 0 Å². The SMILES string of the molecule is CC(=O)c1ccc(CN2CCN(C(=O)c3ccc(CS(=O)(=O)c4cccc5cccnc45)cc3)CC2)cc1. The van der Waals surface area contributed by atoms with E-state index in [4.69, 9.17) is 0 Å². The van der Waals surface area contributed by atoms with Crippen molar-refractivity contribution in [2.45, 2.75) is 24.1 Å². The fourth-order valence-corrected chi connectivity index (χ4v) is 6.30. The monoisotopic (exact) mass is 527 g/mol. The number of pyridine rings is 1. The van der Waals surface area contributed by atoms with Crippen LogP contribution in [0.4, 0.5) is 0 Å². The minimum atomic E-state index is -3.61. The molecule has 8 heteroatoms. The van der Waals surface area contributed by atoms with Crippen LogP contribution < -0.4 is 0 Å². The fourth-order valence-electron chi connectivity index (χ4n) is 4.76. The number of benzene rings is 3. The van der Waals surface area contributed by atoms with Crippen LogP contribution >= 0.6 is 0 Å². The van der Waals surface area contributed by atoms with Gasteiger partial charge in [-0.15, -0.1) is 0 Å². The number of hydrogen-bond donors (Lipinski definition) is 0. The maximum atomic E-state index is 13.2. The Morgan fingerprint density at radius 2 is 1.42 bits per heavy atom. The van der Waals surface area contributed by atoms with E-state index in [9.17, 15) is 18.0 Å². The summed E-state index contributed by atoms with van der Waals surface area (Å²) in [5, 5.41) is 0.778. The third kappa shape index (κ3) is 5.66. The predicted octanol–water partition coefficient (Wildman–Crippen LogP) is 4.37. The number of amides is 1. The van der Waals surface area contributed by atoms with E-state index >= 15 is 0 Å². The van der Waals surface area contributed by atoms with Crippen LogP contribution in [-0.4, -0.2) is 61.1 Å². The number of Topliss-reactive ketones (excluding diaryl/α,β-unsaturated/α-hetero) is 1. The minimum Gasteiger partial charge on any atom is -0.336 e. The summed E-state index contributed by atoms with van der Waals surface area (Å²) in [5.74, 6) is -0.160. The second-order valence-corrected chi connectivity index (χ2v) is 11.6. The number of piperazine rings is 1. The number of sulfone groups is 1. The first-order valence-electron chi connectivity index (χ1n) is 12.6. The first kappa shape index (κ1) is 25.8. The van der Waals surface area contributed by atoms with Crippen molar-refractivity contribution in [3.63, 3.8) is 0 Å². The highest BCUT2D eigenvalue weighted by Crippen LogP contribution is 2.24. The van der Waals surface area contributed by atoms with Gasteiger partial charge in [0.15, 0.2) is 15.6 Å². The van der Waals surface area contributed by atoms with Crippen molar-refractivity contribution in [1.29, 1.82) is 0 Å². The predicted molar refractivity (Wildman–Crippen MR) is 147 cm³/mol. The van der Waals surface area contributed by atoms with Gasteiger partial charge in [-0.25, -0.2) is 8.42 Å². The molecule has 4 aromatic rings. The molecule has 0 spiro atoms. The molecule has 2 heterocycles. The van der Waals surface area contributed by atoms with Gasteiger partial charge in [-0.3, -0.25) is 19.5 Å². The van der Waals surface area contributed by atoms with E-state index in [1.807, 2.05) is 41.3 Å². The van der Waals surface area contributed by atoms with Crippen molar-refractivity contribution in [2.75, 3.05) is 26.2 Å². The number of ketones is 1. The maximum absolute atomic E-state index is 13.2. The Bertz CT molecular complexity index is 1570. The summed E-state index contributed by atoms with van der Waals surface area (Å²) >= 11 is 0. The van der Waals surface area contributed by atoms with Gasteiger partial charge < -0.3 is 4.90 Å². The second-order valence-electron chi connectivity index (χ2n) is 9.61. The molecule has 1 aromatic heterocycles. The average Bonchev–Trinajstić information content (AvgIpc) is 2.93. The number of hydrogen-bond acceptors (Lipinski definition) is 6. The lowest BCUT2D eigenvalue weighted by molar-refractivity contribution is 0.0628. The molecule has 0 atom stereocenters. The van der Waals surface area contributed by atoms with Crippen molar-refractivity contribution in [3.8, 4) is 0 Å². The van der Waals surface area contributed by atoms with Crippen LogP contribution in [0, 0.1) is 0 Å². The normalized spacial score (nSPS) is 14.5. The number of carbonyl (C=O) groups excluding carboxylic acids is 2. The summed E-state index contributed by atoms with van der Waals surface area (Å²) in [7, 11) is -3.61. The van der Waals surface area contributed by atoms with Gasteiger partial charge in [0.25, 0.3) is 5.91 Å². The van der Waals surface area contributed by atoms with Crippen LogP contribution in [0.2, 0.25) is 0 Å². The van der Waals surface area contributed by atoms with Crippen LogP contribution in [-0.2, 0) is 22.1 Å². The molecular formula is C30H29N3O4S. The molecule has 1 saturated heterocycles. The van der Waals surface area contributed by atoms with E-state index in [1.165, 1.54) is 0 Å². The van der Waals surface area contributed by atoms with Crippen LogP contribution in [0.15, 0.2) is 90.0 Å². The molecule has 1 amide bonds. The first-order valence-corrected chi connectivity index (χ1v) is 14.2. The van der Waals surface area contributed by atoms with Gasteiger partial charge in [-0.2, -0.15) is 0 Å². The molecule has 1 aliphatic rings. The highest BCUT2D eigenvalue weighted by Gasteiger charge is 2.23. The molecule has 194 valence electrons. The number of para-hydroxylation sites is 1. The average molecular weight is 528 g/mol. The molecule has 1 aliphatic heterocycles. The van der Waals surface area contributed by atoms with E-state index in [-0.39, 0.29) is 22.3 Å². The van der Waals surface area contributed by atoms with E-state index in [0.717, 1.165) is 30.6 Å². The molecule has 0 aliphatic carbocycles. The molecule has 0 unspecified atom stereocenters. The summed E-state index contributed by atoms with van der Waals surface area (Å²) in [6, 6.07) is 23.3. The van der Waals surface area contributed by atoms with Gasteiger partial charge in [0.05, 0.1) is 16.2 Å². The van der Waals surface area contributed by atoms with Crippen molar-refractivity contribution in [3.05, 3.63) is 107 Å². The molecule has 38 heavy (non-hydrogen) atoms. The largest absolute Gasteiger partial charge is 0.336 e. The zero-order chi connectivity index (χ0) is 26.7. The standard InChI is InChI=1S/C30H29N3O4S/c1-22(34)25-11-7-23(8-12-25)20-32-16-18-33(19-17-32)30(35)27-13-9-24(10-14-27)21-38(36,37)28-6-2-4-26-5-3-15-31-29(26)28/h2-15H,16-21H2,1H3. The molecule has 1 fully saturated rings. The topological polar surface area (TPSA) is 87.7 Å². The van der Waals surface area contributed by atoms with Gasteiger partial charge in [0.1, 0.15) is 0 Å². The number of rotatable bonds is 7. The first-order chi connectivity index (χ1) is 18.3. The molecule has 7 nitrogen and oxygen atoms in total. The van der Waals surface area contributed by atoms with E-state index in [1.54, 1.807) is 55.6 Å². The van der Waals surface area contributed by atoms with Crippen LogP contribution in [0.5, 0.6) is 0 Å². The number of carbonyl (C=O) groups is 2. The lowest BCUT2D eigenvalue weighted by Crippen LogP contribution is -2.48.